The van der Waals surface area contributed by atoms with Gasteiger partial charge in [-0.2, -0.15) is 0 Å². The number of nitrogens with zero attached hydrogens (tertiary/aromatic N) is 1. The van der Waals surface area contributed by atoms with Gasteiger partial charge in [-0.05, 0) is 17.7 Å². The van der Waals surface area contributed by atoms with Crippen molar-refractivity contribution in [2.45, 2.75) is 12.5 Å². The number of amides is 1. The Morgan fingerprint density at radius 1 is 1.53 bits per heavy atom. The van der Waals surface area contributed by atoms with Gasteiger partial charge in [-0.1, -0.05) is 23.7 Å². The molecule has 0 spiro atoms. The first kappa shape index (κ1) is 12.0. The highest BCUT2D eigenvalue weighted by Gasteiger charge is 2.14. The molecule has 0 saturated carbocycles. The number of aliphatic hydroxyl groups excluding tert-OH is 1. The van der Waals surface area contributed by atoms with E-state index in [1.54, 1.807) is 38.4 Å². The van der Waals surface area contributed by atoms with Crippen molar-refractivity contribution < 1.29 is 9.90 Å². The van der Waals surface area contributed by atoms with Crippen molar-refractivity contribution in [3.05, 3.63) is 34.9 Å². The topological polar surface area (TPSA) is 40.5 Å². The molecule has 1 N–H and O–H groups in total. The summed E-state index contributed by atoms with van der Waals surface area (Å²) in [4.78, 5) is 12.8. The van der Waals surface area contributed by atoms with Crippen LogP contribution in [0.2, 0.25) is 5.02 Å². The van der Waals surface area contributed by atoms with Crippen LogP contribution in [0.15, 0.2) is 24.3 Å². The molecule has 0 aliphatic rings. The molecule has 1 rings (SSSR count). The highest BCUT2D eigenvalue weighted by atomic mass is 35.5. The summed E-state index contributed by atoms with van der Waals surface area (Å²) >= 11 is 5.78. The molecule has 1 unspecified atom stereocenters. The van der Waals surface area contributed by atoms with Gasteiger partial charge in [0.15, 0.2) is 0 Å². The van der Waals surface area contributed by atoms with Gasteiger partial charge in [-0.15, -0.1) is 0 Å². The third-order valence-electron chi connectivity index (χ3n) is 2.10. The van der Waals surface area contributed by atoms with Crippen LogP contribution in [0.5, 0.6) is 0 Å². The number of aliphatic hydroxyl groups is 1. The maximum Gasteiger partial charge on any atom is 0.225 e. The van der Waals surface area contributed by atoms with Crippen molar-refractivity contribution in [2.24, 2.45) is 0 Å². The number of carbonyl (C=O) groups excluding carboxylic acids is 1. The van der Waals surface area contributed by atoms with E-state index in [2.05, 4.69) is 0 Å². The molecule has 1 atom stereocenters. The van der Waals surface area contributed by atoms with E-state index in [0.29, 0.717) is 10.6 Å². The first-order chi connectivity index (χ1) is 7.00. The minimum atomic E-state index is -0.793. The summed E-state index contributed by atoms with van der Waals surface area (Å²) in [6.07, 6.45) is -0.716. The van der Waals surface area contributed by atoms with Gasteiger partial charge in [0.2, 0.25) is 5.91 Å². The van der Waals surface area contributed by atoms with Crippen molar-refractivity contribution in [3.8, 4) is 0 Å². The van der Waals surface area contributed by atoms with Crippen LogP contribution >= 0.6 is 11.6 Å². The Kier molecular flexibility index (Phi) is 4.12. The summed E-state index contributed by atoms with van der Waals surface area (Å²) in [6, 6.07) is 6.89. The lowest BCUT2D eigenvalue weighted by Gasteiger charge is -2.14. The number of carbonyl (C=O) groups is 1. The fourth-order valence-corrected chi connectivity index (χ4v) is 1.38. The SMILES string of the molecule is CN(C)C(=O)CC(O)c1cccc(Cl)c1. The van der Waals surface area contributed by atoms with Crippen LogP contribution in [-0.4, -0.2) is 30.0 Å². The lowest BCUT2D eigenvalue weighted by atomic mass is 10.1. The lowest BCUT2D eigenvalue weighted by molar-refractivity contribution is -0.130. The number of hydrogen-bond donors (Lipinski definition) is 1. The molecule has 0 aliphatic heterocycles. The van der Waals surface area contributed by atoms with Crippen LogP contribution in [0, 0.1) is 0 Å². The Balaban J connectivity index is 2.69. The fourth-order valence-electron chi connectivity index (χ4n) is 1.18. The second-order valence-corrected chi connectivity index (χ2v) is 4.00. The minimum absolute atomic E-state index is 0.0767. The van der Waals surface area contributed by atoms with Gasteiger partial charge in [0, 0.05) is 19.1 Å². The molecular formula is C11H14ClNO2. The van der Waals surface area contributed by atoms with E-state index in [1.165, 1.54) is 4.90 Å². The largest absolute Gasteiger partial charge is 0.388 e. The Hall–Kier alpha value is -1.06. The molecule has 0 fully saturated rings. The van der Waals surface area contributed by atoms with Crippen LogP contribution in [0.1, 0.15) is 18.1 Å². The summed E-state index contributed by atoms with van der Waals surface area (Å²) in [5.74, 6) is -0.109. The van der Waals surface area contributed by atoms with Gasteiger partial charge in [0.1, 0.15) is 0 Å². The van der Waals surface area contributed by atoms with Gasteiger partial charge in [0.05, 0.1) is 12.5 Å². The average Bonchev–Trinajstić information content (AvgIpc) is 2.17. The molecule has 1 aromatic rings. The van der Waals surface area contributed by atoms with Crippen molar-refractivity contribution in [3.63, 3.8) is 0 Å². The summed E-state index contributed by atoms with van der Waals surface area (Å²) in [6.45, 7) is 0. The minimum Gasteiger partial charge on any atom is -0.388 e. The number of halogens is 1. The standard InChI is InChI=1S/C11H14ClNO2/c1-13(2)11(15)7-10(14)8-4-3-5-9(12)6-8/h3-6,10,14H,7H2,1-2H3. The number of rotatable bonds is 3. The van der Waals surface area contributed by atoms with Gasteiger partial charge < -0.3 is 10.0 Å². The molecule has 4 heteroatoms. The first-order valence-corrected chi connectivity index (χ1v) is 5.02. The molecule has 1 aromatic carbocycles. The molecule has 0 bridgehead atoms. The molecule has 0 aromatic heterocycles. The lowest BCUT2D eigenvalue weighted by Crippen LogP contribution is -2.23. The second-order valence-electron chi connectivity index (χ2n) is 3.56. The van der Waals surface area contributed by atoms with E-state index in [4.69, 9.17) is 11.6 Å². The maximum absolute atomic E-state index is 11.3. The van der Waals surface area contributed by atoms with E-state index < -0.39 is 6.10 Å². The highest BCUT2D eigenvalue weighted by Crippen LogP contribution is 2.20. The van der Waals surface area contributed by atoms with Crippen LogP contribution in [0.3, 0.4) is 0 Å². The highest BCUT2D eigenvalue weighted by molar-refractivity contribution is 6.30. The monoisotopic (exact) mass is 227 g/mol. The number of hydrogen-bond acceptors (Lipinski definition) is 2. The zero-order chi connectivity index (χ0) is 11.4. The molecule has 0 radical (unpaired) electrons. The van der Waals surface area contributed by atoms with E-state index >= 15 is 0 Å². The van der Waals surface area contributed by atoms with E-state index in [-0.39, 0.29) is 12.3 Å². The van der Waals surface area contributed by atoms with E-state index in [9.17, 15) is 9.90 Å². The fraction of sp³-hybridized carbons (Fsp3) is 0.364. The summed E-state index contributed by atoms with van der Waals surface area (Å²) < 4.78 is 0. The predicted molar refractivity (Wildman–Crippen MR) is 59.7 cm³/mol. The van der Waals surface area contributed by atoms with Gasteiger partial charge in [-0.25, -0.2) is 0 Å². The average molecular weight is 228 g/mol. The second kappa shape index (κ2) is 5.14. The molecule has 0 aliphatic carbocycles. The van der Waals surface area contributed by atoms with Crippen molar-refractivity contribution >= 4 is 17.5 Å². The Bertz CT molecular complexity index is 352. The van der Waals surface area contributed by atoms with Crippen LogP contribution in [0.25, 0.3) is 0 Å². The summed E-state index contributed by atoms with van der Waals surface area (Å²) in [5.41, 5.74) is 0.665. The maximum atomic E-state index is 11.3. The zero-order valence-electron chi connectivity index (χ0n) is 8.77. The quantitative estimate of drug-likeness (QED) is 0.856. The van der Waals surface area contributed by atoms with Gasteiger partial charge >= 0.3 is 0 Å². The first-order valence-electron chi connectivity index (χ1n) is 4.64. The van der Waals surface area contributed by atoms with Crippen LogP contribution in [-0.2, 0) is 4.79 Å². The Morgan fingerprint density at radius 2 is 2.20 bits per heavy atom. The molecule has 0 heterocycles. The van der Waals surface area contributed by atoms with Crippen molar-refractivity contribution in [1.82, 2.24) is 4.90 Å². The molecule has 15 heavy (non-hydrogen) atoms. The summed E-state index contributed by atoms with van der Waals surface area (Å²) in [7, 11) is 3.32. The molecule has 3 nitrogen and oxygen atoms in total. The summed E-state index contributed by atoms with van der Waals surface area (Å²) in [5, 5.41) is 10.3. The van der Waals surface area contributed by atoms with Gasteiger partial charge in [-0.3, -0.25) is 4.79 Å². The zero-order valence-corrected chi connectivity index (χ0v) is 9.53. The molecular weight excluding hydrogens is 214 g/mol. The van der Waals surface area contributed by atoms with Crippen LogP contribution < -0.4 is 0 Å². The van der Waals surface area contributed by atoms with Crippen molar-refractivity contribution in [2.75, 3.05) is 14.1 Å². The van der Waals surface area contributed by atoms with E-state index in [0.717, 1.165) is 0 Å². The molecule has 0 saturated heterocycles. The third-order valence-corrected chi connectivity index (χ3v) is 2.34. The molecule has 82 valence electrons. The smallest absolute Gasteiger partial charge is 0.225 e. The van der Waals surface area contributed by atoms with Gasteiger partial charge in [0.25, 0.3) is 0 Å². The Morgan fingerprint density at radius 3 is 2.73 bits per heavy atom. The van der Waals surface area contributed by atoms with Crippen LogP contribution in [0.4, 0.5) is 0 Å². The predicted octanol–water partition coefficient (Wildman–Crippen LogP) is 1.85. The third kappa shape index (κ3) is 3.53. The van der Waals surface area contributed by atoms with E-state index in [1.807, 2.05) is 0 Å². The Labute approximate surface area is 94.3 Å². The normalized spacial score (nSPS) is 12.3. The van der Waals surface area contributed by atoms with Crippen molar-refractivity contribution in [1.29, 1.82) is 0 Å². The molecule has 1 amide bonds. The number of benzene rings is 1.